The normalized spacial score (nSPS) is 19.1. The van der Waals surface area contributed by atoms with Crippen molar-refractivity contribution in [3.63, 3.8) is 0 Å². The number of halogens is 1. The Bertz CT molecular complexity index is 615. The van der Waals surface area contributed by atoms with Crippen molar-refractivity contribution in [3.05, 3.63) is 54.1 Å². The third kappa shape index (κ3) is 3.61. The number of pyridine rings is 1. The molecule has 5 heteroatoms. The van der Waals surface area contributed by atoms with Crippen molar-refractivity contribution < 1.29 is 13.9 Å². The van der Waals surface area contributed by atoms with E-state index in [2.05, 4.69) is 10.3 Å². The second-order valence-corrected chi connectivity index (χ2v) is 5.43. The van der Waals surface area contributed by atoms with Crippen molar-refractivity contribution in [2.24, 2.45) is 0 Å². The standard InChI is InChI=1S/C17H19FN2O2/c1-12(20-14-6-8-21-11-14)13-4-5-17(16(18)9-13)22-15-3-2-7-19-10-15/h2-5,7,9-10,12,14,20H,6,8,11H2,1H3/t12-,14-/m0/s1. The summed E-state index contributed by atoms with van der Waals surface area (Å²) in [6.07, 6.45) is 4.19. The Kier molecular flexibility index (Phi) is 4.65. The third-order valence-corrected chi connectivity index (χ3v) is 3.73. The zero-order valence-electron chi connectivity index (χ0n) is 12.5. The molecule has 0 amide bonds. The highest BCUT2D eigenvalue weighted by atomic mass is 19.1. The minimum Gasteiger partial charge on any atom is -0.453 e. The number of hydrogen-bond acceptors (Lipinski definition) is 4. The first-order valence-electron chi connectivity index (χ1n) is 7.43. The topological polar surface area (TPSA) is 43.4 Å². The molecule has 116 valence electrons. The Morgan fingerprint density at radius 1 is 1.41 bits per heavy atom. The van der Waals surface area contributed by atoms with Crippen LogP contribution in [0.5, 0.6) is 11.5 Å². The van der Waals surface area contributed by atoms with Gasteiger partial charge in [-0.3, -0.25) is 4.98 Å². The molecule has 3 rings (SSSR count). The van der Waals surface area contributed by atoms with E-state index >= 15 is 0 Å². The van der Waals surface area contributed by atoms with Crippen LogP contribution in [0.2, 0.25) is 0 Å². The van der Waals surface area contributed by atoms with E-state index in [1.54, 1.807) is 30.6 Å². The van der Waals surface area contributed by atoms with Gasteiger partial charge >= 0.3 is 0 Å². The molecule has 0 spiro atoms. The average molecular weight is 302 g/mol. The number of aromatic nitrogens is 1. The summed E-state index contributed by atoms with van der Waals surface area (Å²) >= 11 is 0. The van der Waals surface area contributed by atoms with Gasteiger partial charge in [0.05, 0.1) is 12.8 Å². The maximum atomic E-state index is 14.2. The van der Waals surface area contributed by atoms with E-state index in [4.69, 9.17) is 9.47 Å². The van der Waals surface area contributed by atoms with Crippen LogP contribution in [0.15, 0.2) is 42.7 Å². The van der Waals surface area contributed by atoms with Crippen molar-refractivity contribution in [1.82, 2.24) is 10.3 Å². The third-order valence-electron chi connectivity index (χ3n) is 3.73. The minimum atomic E-state index is -0.377. The molecule has 1 fully saturated rings. The molecular formula is C17H19FN2O2. The highest BCUT2D eigenvalue weighted by Crippen LogP contribution is 2.26. The Labute approximate surface area is 129 Å². The van der Waals surface area contributed by atoms with Gasteiger partial charge in [-0.1, -0.05) is 6.07 Å². The number of rotatable bonds is 5. The molecule has 0 unspecified atom stereocenters. The monoisotopic (exact) mass is 302 g/mol. The van der Waals surface area contributed by atoms with Gasteiger partial charge in [0, 0.05) is 24.9 Å². The van der Waals surface area contributed by atoms with E-state index in [0.717, 1.165) is 25.2 Å². The van der Waals surface area contributed by atoms with Crippen molar-refractivity contribution in [3.8, 4) is 11.5 Å². The number of ether oxygens (including phenoxy) is 2. The lowest BCUT2D eigenvalue weighted by Gasteiger charge is -2.19. The molecule has 1 saturated heterocycles. The molecule has 2 aromatic rings. The van der Waals surface area contributed by atoms with Crippen molar-refractivity contribution in [1.29, 1.82) is 0 Å². The van der Waals surface area contributed by atoms with Crippen LogP contribution in [0.1, 0.15) is 24.9 Å². The van der Waals surface area contributed by atoms with Gasteiger partial charge < -0.3 is 14.8 Å². The molecule has 1 aliphatic rings. The molecule has 2 atom stereocenters. The Hall–Kier alpha value is -1.98. The van der Waals surface area contributed by atoms with Crippen LogP contribution < -0.4 is 10.1 Å². The van der Waals surface area contributed by atoms with Gasteiger partial charge in [-0.25, -0.2) is 4.39 Å². The maximum absolute atomic E-state index is 14.2. The predicted molar refractivity (Wildman–Crippen MR) is 81.5 cm³/mol. The predicted octanol–water partition coefficient (Wildman–Crippen LogP) is 3.45. The quantitative estimate of drug-likeness (QED) is 0.918. The van der Waals surface area contributed by atoms with Gasteiger partial charge in [0.2, 0.25) is 0 Å². The number of nitrogens with one attached hydrogen (secondary N) is 1. The lowest BCUT2D eigenvalue weighted by molar-refractivity contribution is 0.188. The molecule has 22 heavy (non-hydrogen) atoms. The summed E-state index contributed by atoms with van der Waals surface area (Å²) in [5.74, 6) is 0.342. The molecule has 0 radical (unpaired) electrons. The van der Waals surface area contributed by atoms with Crippen LogP contribution in [0.3, 0.4) is 0 Å². The molecular weight excluding hydrogens is 283 g/mol. The van der Waals surface area contributed by atoms with Gasteiger partial charge in [0.1, 0.15) is 5.75 Å². The smallest absolute Gasteiger partial charge is 0.166 e. The van der Waals surface area contributed by atoms with Crippen LogP contribution in [-0.4, -0.2) is 24.2 Å². The molecule has 1 aromatic heterocycles. The van der Waals surface area contributed by atoms with Gasteiger partial charge in [-0.2, -0.15) is 0 Å². The first-order chi connectivity index (χ1) is 10.7. The first-order valence-corrected chi connectivity index (χ1v) is 7.43. The van der Waals surface area contributed by atoms with E-state index in [9.17, 15) is 4.39 Å². The highest BCUT2D eigenvalue weighted by Gasteiger charge is 2.19. The van der Waals surface area contributed by atoms with Gasteiger partial charge in [-0.15, -0.1) is 0 Å². The lowest BCUT2D eigenvalue weighted by Crippen LogP contribution is -2.31. The van der Waals surface area contributed by atoms with E-state index in [-0.39, 0.29) is 17.6 Å². The van der Waals surface area contributed by atoms with Crippen LogP contribution in [0.4, 0.5) is 4.39 Å². The van der Waals surface area contributed by atoms with E-state index < -0.39 is 0 Å². The van der Waals surface area contributed by atoms with Crippen molar-refractivity contribution in [2.75, 3.05) is 13.2 Å². The second-order valence-electron chi connectivity index (χ2n) is 5.43. The molecule has 4 nitrogen and oxygen atoms in total. The molecule has 0 aliphatic carbocycles. The molecule has 0 saturated carbocycles. The first kappa shape index (κ1) is 14.9. The van der Waals surface area contributed by atoms with Gasteiger partial charge in [-0.05, 0) is 43.2 Å². The van der Waals surface area contributed by atoms with Crippen LogP contribution in [-0.2, 0) is 4.74 Å². The largest absolute Gasteiger partial charge is 0.453 e. The Morgan fingerprint density at radius 2 is 2.32 bits per heavy atom. The van der Waals surface area contributed by atoms with Gasteiger partial charge in [0.25, 0.3) is 0 Å². The SMILES string of the molecule is C[C@H](N[C@H]1CCOC1)c1ccc(Oc2cccnc2)c(F)c1. The zero-order chi connectivity index (χ0) is 15.4. The van der Waals surface area contributed by atoms with Gasteiger partial charge in [0.15, 0.2) is 11.6 Å². The van der Waals surface area contributed by atoms with Crippen molar-refractivity contribution in [2.45, 2.75) is 25.4 Å². The fourth-order valence-corrected chi connectivity index (χ4v) is 2.52. The number of benzene rings is 1. The van der Waals surface area contributed by atoms with E-state index in [1.165, 1.54) is 6.07 Å². The fourth-order valence-electron chi connectivity index (χ4n) is 2.52. The molecule has 1 N–H and O–H groups in total. The number of nitrogens with zero attached hydrogens (tertiary/aromatic N) is 1. The summed E-state index contributed by atoms with van der Waals surface area (Å²) in [5, 5.41) is 3.45. The maximum Gasteiger partial charge on any atom is 0.166 e. The van der Waals surface area contributed by atoms with Crippen LogP contribution in [0.25, 0.3) is 0 Å². The van der Waals surface area contributed by atoms with E-state index in [0.29, 0.717) is 11.8 Å². The average Bonchev–Trinajstić information content (AvgIpc) is 3.03. The van der Waals surface area contributed by atoms with Crippen molar-refractivity contribution >= 4 is 0 Å². The highest BCUT2D eigenvalue weighted by molar-refractivity contribution is 5.34. The number of hydrogen-bond donors (Lipinski definition) is 1. The second kappa shape index (κ2) is 6.85. The molecule has 0 bridgehead atoms. The van der Waals surface area contributed by atoms with E-state index in [1.807, 2.05) is 13.0 Å². The summed E-state index contributed by atoms with van der Waals surface area (Å²) < 4.78 is 25.1. The minimum absolute atomic E-state index is 0.0636. The summed E-state index contributed by atoms with van der Waals surface area (Å²) in [4.78, 5) is 3.94. The molecule has 1 aliphatic heterocycles. The molecule has 1 aromatic carbocycles. The summed E-state index contributed by atoms with van der Waals surface area (Å²) in [7, 11) is 0. The Morgan fingerprint density at radius 3 is 3.00 bits per heavy atom. The lowest BCUT2D eigenvalue weighted by atomic mass is 10.1. The summed E-state index contributed by atoms with van der Waals surface area (Å²) in [6.45, 7) is 3.53. The Balaban J connectivity index is 1.68. The zero-order valence-corrected chi connectivity index (χ0v) is 12.5. The fraction of sp³-hybridized carbons (Fsp3) is 0.353. The summed E-state index contributed by atoms with van der Waals surface area (Å²) in [6, 6.07) is 8.93. The molecule has 2 heterocycles. The van der Waals surface area contributed by atoms with Crippen LogP contribution in [0, 0.1) is 5.82 Å². The summed E-state index contributed by atoms with van der Waals surface area (Å²) in [5.41, 5.74) is 0.892. The van der Waals surface area contributed by atoms with Crippen LogP contribution >= 0.6 is 0 Å².